The van der Waals surface area contributed by atoms with Crippen molar-refractivity contribution in [1.29, 1.82) is 0 Å². The third-order valence-corrected chi connectivity index (χ3v) is 13.5. The van der Waals surface area contributed by atoms with Crippen LogP contribution in [0.25, 0.3) is 45.5 Å². The Bertz CT molecular complexity index is 4190. The predicted molar refractivity (Wildman–Crippen MR) is 272 cm³/mol. The molecule has 0 unspecified atom stereocenters. The van der Waals surface area contributed by atoms with Crippen molar-refractivity contribution in [2.24, 2.45) is 29.2 Å². The SMILES string of the molecule is CC(=O)C(=Nc1c(C)nn2c(-c3cc(C)cc(S(=O)(=O)[O-])c3)nn(C)c12)C(=O)Nc1ccccc1Cl.CC1=Nn2c(nnc2-c2cccc(C)c2)C1=Nc1c(C)nn2c(-c3cc(C)cc(S(=O)(=O)[O-])c3)nn(C)c12.[Na+].[Na+]. The van der Waals surface area contributed by atoms with Crippen LogP contribution >= 0.6 is 11.6 Å². The molecule has 4 aromatic carbocycles. The van der Waals surface area contributed by atoms with Gasteiger partial charge >= 0.3 is 59.1 Å². The molecule has 76 heavy (non-hydrogen) atoms. The minimum absolute atomic E-state index is 0. The van der Waals surface area contributed by atoms with Gasteiger partial charge in [0.1, 0.15) is 37.3 Å². The number of fused-ring (bicyclic) bond motifs is 3. The van der Waals surface area contributed by atoms with Gasteiger partial charge in [-0.05, 0) is 107 Å². The molecule has 0 bridgehead atoms. The van der Waals surface area contributed by atoms with Crippen LogP contribution in [0.3, 0.4) is 0 Å². The van der Waals surface area contributed by atoms with Gasteiger partial charge in [-0.25, -0.2) is 36.2 Å². The summed E-state index contributed by atoms with van der Waals surface area (Å²) < 4.78 is 77.6. The summed E-state index contributed by atoms with van der Waals surface area (Å²) >= 11 is 6.11. The molecule has 5 aromatic heterocycles. The molecule has 0 radical (unpaired) electrons. The van der Waals surface area contributed by atoms with Crippen LogP contribution in [0.2, 0.25) is 5.02 Å². The Morgan fingerprint density at radius 1 is 0.618 bits per heavy atom. The molecule has 0 saturated carbocycles. The van der Waals surface area contributed by atoms with Crippen LogP contribution in [0, 0.1) is 34.6 Å². The molecule has 6 heterocycles. The minimum Gasteiger partial charge on any atom is -0.744 e. The molecule has 23 nitrogen and oxygen atoms in total. The van der Waals surface area contributed by atoms with E-state index >= 15 is 0 Å². The molecule has 0 fully saturated rings. The van der Waals surface area contributed by atoms with Crippen molar-refractivity contribution in [3.8, 4) is 34.2 Å². The predicted octanol–water partition coefficient (Wildman–Crippen LogP) is 0.398. The number of carbonyl (C=O) groups is 2. The third kappa shape index (κ3) is 11.2. The number of aromatic nitrogens is 11. The molecule has 1 amide bonds. The van der Waals surface area contributed by atoms with Crippen molar-refractivity contribution in [2.75, 3.05) is 5.32 Å². The van der Waals surface area contributed by atoms with Crippen LogP contribution in [-0.2, 0) is 43.9 Å². The first kappa shape index (κ1) is 57.3. The number of nitrogens with one attached hydrogen (secondary N) is 1. The minimum atomic E-state index is -4.70. The normalized spacial score (nSPS) is 13.0. The van der Waals surface area contributed by atoms with Crippen molar-refractivity contribution in [3.63, 3.8) is 0 Å². The molecular formula is C48H42ClN15Na2O8S2. The van der Waals surface area contributed by atoms with E-state index in [1.807, 2.05) is 45.0 Å². The Balaban J connectivity index is 0.000000216. The third-order valence-electron chi connectivity index (χ3n) is 11.5. The Labute approximate surface area is 483 Å². The number of aryl methyl sites for hydroxylation is 7. The van der Waals surface area contributed by atoms with E-state index in [1.54, 1.807) is 85.1 Å². The van der Waals surface area contributed by atoms with Gasteiger partial charge in [-0.2, -0.15) is 39.2 Å². The first-order valence-electron chi connectivity index (χ1n) is 22.2. The van der Waals surface area contributed by atoms with E-state index in [-0.39, 0.29) is 81.2 Å². The summed E-state index contributed by atoms with van der Waals surface area (Å²) in [6, 6.07) is 23.1. The molecular weight excluding hydrogens is 1060 g/mol. The van der Waals surface area contributed by atoms with Gasteiger partial charge in [0, 0.05) is 37.7 Å². The first-order valence-corrected chi connectivity index (χ1v) is 25.4. The van der Waals surface area contributed by atoms with E-state index in [0.29, 0.717) is 90.2 Å². The first-order chi connectivity index (χ1) is 34.9. The number of hydrogen-bond donors (Lipinski definition) is 1. The van der Waals surface area contributed by atoms with Gasteiger partial charge < -0.3 is 14.4 Å². The van der Waals surface area contributed by atoms with E-state index < -0.39 is 36.8 Å². The van der Waals surface area contributed by atoms with Crippen molar-refractivity contribution in [3.05, 3.63) is 124 Å². The fraction of sp³-hybridized carbons (Fsp3) is 0.188. The average Bonchev–Trinajstić information content (AvgIpc) is 4.16. The summed E-state index contributed by atoms with van der Waals surface area (Å²) in [7, 11) is -5.98. The second-order valence-corrected chi connectivity index (χ2v) is 20.5. The molecule has 9 aromatic rings. The van der Waals surface area contributed by atoms with Crippen LogP contribution in [0.4, 0.5) is 17.1 Å². The van der Waals surface area contributed by atoms with E-state index in [1.165, 1.54) is 40.4 Å². The number of carbonyl (C=O) groups excluding carboxylic acids is 2. The smallest absolute Gasteiger partial charge is 0.744 e. The maximum absolute atomic E-state index is 12.9. The molecule has 28 heteroatoms. The number of rotatable bonds is 10. The number of benzene rings is 4. The number of amides is 1. The number of para-hydroxylation sites is 1. The number of nitrogens with zero attached hydrogens (tertiary/aromatic N) is 14. The van der Waals surface area contributed by atoms with Gasteiger partial charge in [0.15, 0.2) is 40.3 Å². The second-order valence-electron chi connectivity index (χ2n) is 17.3. The molecule has 0 saturated heterocycles. The van der Waals surface area contributed by atoms with E-state index in [2.05, 4.69) is 46.0 Å². The van der Waals surface area contributed by atoms with Gasteiger partial charge in [-0.3, -0.25) is 9.59 Å². The number of Topliss-reactive ketones (excluding diaryl/α,β-unsaturated/α-hetero) is 1. The fourth-order valence-electron chi connectivity index (χ4n) is 8.25. The summed E-state index contributed by atoms with van der Waals surface area (Å²) in [5, 5.41) is 34.3. The van der Waals surface area contributed by atoms with Crippen LogP contribution in [0.1, 0.15) is 47.8 Å². The van der Waals surface area contributed by atoms with Crippen molar-refractivity contribution >= 4 is 89.0 Å². The van der Waals surface area contributed by atoms with Crippen molar-refractivity contribution in [1.82, 2.24) is 53.7 Å². The summed E-state index contributed by atoms with van der Waals surface area (Å²) in [6.45, 7) is 11.9. The topological polar surface area (TPSA) is 299 Å². The average molecular weight is 1100 g/mol. The molecule has 0 aliphatic carbocycles. The van der Waals surface area contributed by atoms with Crippen molar-refractivity contribution in [2.45, 2.75) is 58.3 Å². The maximum Gasteiger partial charge on any atom is 1.00 e. The molecule has 1 aliphatic rings. The van der Waals surface area contributed by atoms with E-state index in [9.17, 15) is 35.5 Å². The Morgan fingerprint density at radius 3 is 1.66 bits per heavy atom. The summed E-state index contributed by atoms with van der Waals surface area (Å²) in [4.78, 5) is 33.8. The van der Waals surface area contributed by atoms with Gasteiger partial charge in [-0.1, -0.05) is 47.5 Å². The van der Waals surface area contributed by atoms with Gasteiger partial charge in [-0.15, -0.1) is 10.2 Å². The molecule has 1 aliphatic heterocycles. The number of anilines is 1. The Morgan fingerprint density at radius 2 is 1.13 bits per heavy atom. The zero-order valence-electron chi connectivity index (χ0n) is 42.8. The van der Waals surface area contributed by atoms with Gasteiger partial charge in [0.05, 0.1) is 37.6 Å². The maximum atomic E-state index is 12.9. The standard InChI is InChI=1S/C25H23N9O3S.C23H21ClN6O5S.2Na/c1-13-7-6-8-17(9-13)22-27-28-24-20(15(3)29-33(22)24)26-21-16(4)30-34-23(31-32(5)25(21)34)18-10-14(2)11-19(12-18)38(35,36)37;1-12-9-15(11-16(10-12)36(33,34)35)21-28-29(4)23-19(13(2)27-30(21)23)26-20(14(3)31)22(32)25-18-8-6-5-7-17(18)24;;/h6-12H,1-5H3,(H,35,36,37);5-11H,1-4H3,(H,25,32)(H,33,34,35);;/q;;2*+1/p-2. The number of halogens is 1. The van der Waals surface area contributed by atoms with Gasteiger partial charge in [0.2, 0.25) is 5.82 Å². The van der Waals surface area contributed by atoms with Crippen LogP contribution < -0.4 is 64.4 Å². The molecule has 10 rings (SSSR count). The molecule has 378 valence electrons. The number of ketones is 1. The Kier molecular flexibility index (Phi) is 16.6. The van der Waals surface area contributed by atoms with Gasteiger partial charge in [0.25, 0.3) is 5.91 Å². The quantitative estimate of drug-likeness (QED) is 0.0840. The monoisotopic (exact) mass is 1100 g/mol. The zero-order valence-corrected chi connectivity index (χ0v) is 49.2. The Hall–Kier alpha value is -6.36. The summed E-state index contributed by atoms with van der Waals surface area (Å²) in [6.07, 6.45) is 0. The van der Waals surface area contributed by atoms with Crippen LogP contribution in [0.15, 0.2) is 110 Å². The molecule has 0 spiro atoms. The van der Waals surface area contributed by atoms with E-state index in [0.717, 1.165) is 11.1 Å². The molecule has 1 N–H and O–H groups in total. The summed E-state index contributed by atoms with van der Waals surface area (Å²) in [5.74, 6) is 0.439. The number of hydrogen-bond acceptors (Lipinski definition) is 17. The van der Waals surface area contributed by atoms with Crippen LogP contribution in [0.5, 0.6) is 0 Å². The van der Waals surface area contributed by atoms with Crippen molar-refractivity contribution < 1.29 is 94.6 Å². The molecule has 0 atom stereocenters. The largest absolute Gasteiger partial charge is 1.00 e. The fourth-order valence-corrected chi connectivity index (χ4v) is 9.64. The number of aliphatic imine (C=N–C) groups is 2. The zero-order chi connectivity index (χ0) is 53.3. The van der Waals surface area contributed by atoms with Crippen LogP contribution in [-0.4, -0.2) is 108 Å². The summed E-state index contributed by atoms with van der Waals surface area (Å²) in [5.41, 5.74) is 7.87. The second kappa shape index (κ2) is 21.9. The van der Waals surface area contributed by atoms with E-state index in [4.69, 9.17) is 16.6 Å².